The zero-order chi connectivity index (χ0) is 14.7. The maximum Gasteiger partial charge on any atom is 0.337 e. The maximum absolute atomic E-state index is 11.2. The van der Waals surface area contributed by atoms with Crippen LogP contribution in [0.4, 0.5) is 5.69 Å². The van der Waals surface area contributed by atoms with E-state index < -0.39 is 5.97 Å². The second kappa shape index (κ2) is 5.63. The number of benzene rings is 2. The van der Waals surface area contributed by atoms with Crippen LogP contribution in [0.25, 0.3) is 10.8 Å². The number of carbonyl (C=O) groups is 1. The first-order valence-corrected chi connectivity index (χ1v) is 6.63. The van der Waals surface area contributed by atoms with Crippen LogP contribution >= 0.6 is 0 Å². The van der Waals surface area contributed by atoms with Gasteiger partial charge in [-0.15, -0.1) is 0 Å². The van der Waals surface area contributed by atoms with Crippen LogP contribution in [0.1, 0.15) is 15.9 Å². The first-order chi connectivity index (χ1) is 10.2. The van der Waals surface area contributed by atoms with Crippen molar-refractivity contribution in [1.82, 2.24) is 4.98 Å². The number of carboxylic acid groups (broad SMARTS) is 1. The average Bonchev–Trinajstić information content (AvgIpc) is 2.53. The topological polar surface area (TPSA) is 62.2 Å². The van der Waals surface area contributed by atoms with Gasteiger partial charge in [0.15, 0.2) is 0 Å². The highest BCUT2D eigenvalue weighted by Crippen LogP contribution is 2.18. The summed E-state index contributed by atoms with van der Waals surface area (Å²) in [5, 5.41) is 14.5. The molecule has 1 heterocycles. The Balaban J connectivity index is 1.82. The molecular formula is C17H14N2O2. The molecule has 0 saturated heterocycles. The molecule has 0 amide bonds. The number of pyridine rings is 1. The van der Waals surface area contributed by atoms with Gasteiger partial charge in [-0.1, -0.05) is 24.3 Å². The lowest BCUT2D eigenvalue weighted by atomic mass is 10.1. The van der Waals surface area contributed by atoms with Crippen LogP contribution in [0.15, 0.2) is 60.9 Å². The molecule has 0 unspecified atom stereocenters. The summed E-state index contributed by atoms with van der Waals surface area (Å²) in [6, 6.07) is 15.0. The normalized spacial score (nSPS) is 10.5. The SMILES string of the molecule is O=C(O)c1ccccc1NCc1ccc2cnccc2c1. The van der Waals surface area contributed by atoms with Crippen molar-refractivity contribution < 1.29 is 9.90 Å². The molecule has 3 rings (SSSR count). The number of carboxylic acids is 1. The monoisotopic (exact) mass is 278 g/mol. The number of hydrogen-bond donors (Lipinski definition) is 2. The van der Waals surface area contributed by atoms with Crippen LogP contribution in [-0.2, 0) is 6.54 Å². The van der Waals surface area contributed by atoms with Gasteiger partial charge < -0.3 is 10.4 Å². The van der Waals surface area contributed by atoms with Crippen LogP contribution in [0, 0.1) is 0 Å². The van der Waals surface area contributed by atoms with Crippen LogP contribution in [-0.4, -0.2) is 16.1 Å². The van der Waals surface area contributed by atoms with E-state index in [1.54, 1.807) is 24.4 Å². The van der Waals surface area contributed by atoms with Crippen LogP contribution in [0.3, 0.4) is 0 Å². The summed E-state index contributed by atoms with van der Waals surface area (Å²) in [7, 11) is 0. The molecule has 1 aromatic heterocycles. The molecule has 0 radical (unpaired) electrons. The van der Waals surface area contributed by atoms with Gasteiger partial charge in [-0.3, -0.25) is 4.98 Å². The maximum atomic E-state index is 11.2. The highest BCUT2D eigenvalue weighted by atomic mass is 16.4. The summed E-state index contributed by atoms with van der Waals surface area (Å²) >= 11 is 0. The van der Waals surface area contributed by atoms with Crippen LogP contribution < -0.4 is 5.32 Å². The third-order valence-corrected chi connectivity index (χ3v) is 3.35. The molecule has 2 N–H and O–H groups in total. The highest BCUT2D eigenvalue weighted by molar-refractivity contribution is 5.94. The van der Waals surface area contributed by atoms with Crippen molar-refractivity contribution in [3.63, 3.8) is 0 Å². The average molecular weight is 278 g/mol. The Hall–Kier alpha value is -2.88. The largest absolute Gasteiger partial charge is 0.478 e. The van der Waals surface area contributed by atoms with Crippen molar-refractivity contribution >= 4 is 22.4 Å². The van der Waals surface area contributed by atoms with Gasteiger partial charge in [0.25, 0.3) is 0 Å². The zero-order valence-corrected chi connectivity index (χ0v) is 11.3. The predicted molar refractivity (Wildman–Crippen MR) is 82.5 cm³/mol. The second-order valence-electron chi connectivity index (χ2n) is 4.76. The Bertz CT molecular complexity index is 799. The van der Waals surface area contributed by atoms with Crippen LogP contribution in [0.2, 0.25) is 0 Å². The molecule has 3 aromatic rings. The molecule has 2 aromatic carbocycles. The summed E-state index contributed by atoms with van der Waals surface area (Å²) in [5.74, 6) is -0.928. The van der Waals surface area contributed by atoms with Gasteiger partial charge in [0.1, 0.15) is 0 Å². The molecule has 0 saturated carbocycles. The number of fused-ring (bicyclic) bond motifs is 1. The van der Waals surface area contributed by atoms with E-state index in [2.05, 4.69) is 16.4 Å². The Morgan fingerprint density at radius 1 is 1.10 bits per heavy atom. The van der Waals surface area contributed by atoms with E-state index in [0.29, 0.717) is 12.2 Å². The first-order valence-electron chi connectivity index (χ1n) is 6.63. The molecule has 0 spiro atoms. The number of nitrogens with zero attached hydrogens (tertiary/aromatic N) is 1. The Labute approximate surface area is 122 Å². The molecule has 0 aliphatic carbocycles. The summed E-state index contributed by atoms with van der Waals surface area (Å²) in [5.41, 5.74) is 2.00. The third-order valence-electron chi connectivity index (χ3n) is 3.35. The standard InChI is InChI=1S/C17H14N2O2/c20-17(21)15-3-1-2-4-16(15)19-10-12-5-6-14-11-18-8-7-13(14)9-12/h1-9,11,19H,10H2,(H,20,21). The predicted octanol–water partition coefficient (Wildman–Crippen LogP) is 3.55. The number of aromatic carboxylic acids is 1. The number of nitrogens with one attached hydrogen (secondary N) is 1. The van der Waals surface area contributed by atoms with E-state index in [1.165, 1.54) is 0 Å². The Morgan fingerprint density at radius 3 is 2.81 bits per heavy atom. The Kier molecular flexibility index (Phi) is 3.51. The highest BCUT2D eigenvalue weighted by Gasteiger charge is 2.08. The third kappa shape index (κ3) is 2.84. The van der Waals surface area contributed by atoms with Gasteiger partial charge in [-0.25, -0.2) is 4.79 Å². The number of aromatic nitrogens is 1. The molecule has 0 aliphatic rings. The molecule has 0 bridgehead atoms. The molecule has 0 aliphatic heterocycles. The second-order valence-corrected chi connectivity index (χ2v) is 4.76. The van der Waals surface area contributed by atoms with Gasteiger partial charge in [-0.05, 0) is 35.2 Å². The fourth-order valence-corrected chi connectivity index (χ4v) is 2.26. The van der Waals surface area contributed by atoms with E-state index in [-0.39, 0.29) is 5.56 Å². The van der Waals surface area contributed by atoms with Crippen LogP contribution in [0.5, 0.6) is 0 Å². The van der Waals surface area contributed by atoms with Gasteiger partial charge >= 0.3 is 5.97 Å². The lowest BCUT2D eigenvalue weighted by Crippen LogP contribution is -2.06. The number of hydrogen-bond acceptors (Lipinski definition) is 3. The lowest BCUT2D eigenvalue weighted by molar-refractivity contribution is 0.0698. The molecule has 104 valence electrons. The van der Waals surface area contributed by atoms with Gasteiger partial charge in [-0.2, -0.15) is 0 Å². The van der Waals surface area contributed by atoms with Crippen molar-refractivity contribution in [2.75, 3.05) is 5.32 Å². The van der Waals surface area contributed by atoms with Crippen molar-refractivity contribution in [2.45, 2.75) is 6.54 Å². The number of rotatable bonds is 4. The Morgan fingerprint density at radius 2 is 1.95 bits per heavy atom. The minimum atomic E-state index is -0.928. The van der Waals surface area contributed by atoms with E-state index in [0.717, 1.165) is 16.3 Å². The molecule has 0 atom stereocenters. The molecule has 21 heavy (non-hydrogen) atoms. The van der Waals surface area contributed by atoms with Crippen molar-refractivity contribution in [3.8, 4) is 0 Å². The van der Waals surface area contributed by atoms with E-state index in [4.69, 9.17) is 5.11 Å². The molecule has 0 fully saturated rings. The minimum absolute atomic E-state index is 0.280. The van der Waals surface area contributed by atoms with Gasteiger partial charge in [0.05, 0.1) is 5.56 Å². The smallest absolute Gasteiger partial charge is 0.337 e. The molecule has 4 heteroatoms. The zero-order valence-electron chi connectivity index (χ0n) is 11.3. The fraction of sp³-hybridized carbons (Fsp3) is 0.0588. The lowest BCUT2D eigenvalue weighted by Gasteiger charge is -2.10. The van der Waals surface area contributed by atoms with Crippen molar-refractivity contribution in [1.29, 1.82) is 0 Å². The number of anilines is 1. The number of para-hydroxylation sites is 1. The van der Waals surface area contributed by atoms with Gasteiger partial charge in [0.2, 0.25) is 0 Å². The van der Waals surface area contributed by atoms with Gasteiger partial charge in [0, 0.05) is 30.0 Å². The van der Waals surface area contributed by atoms with Crippen molar-refractivity contribution in [2.24, 2.45) is 0 Å². The fourth-order valence-electron chi connectivity index (χ4n) is 2.26. The summed E-state index contributed by atoms with van der Waals surface area (Å²) in [4.78, 5) is 15.2. The summed E-state index contributed by atoms with van der Waals surface area (Å²) < 4.78 is 0. The first kappa shape index (κ1) is 13.1. The summed E-state index contributed by atoms with van der Waals surface area (Å²) in [6.07, 6.45) is 3.59. The minimum Gasteiger partial charge on any atom is -0.478 e. The molecule has 4 nitrogen and oxygen atoms in total. The summed E-state index contributed by atoms with van der Waals surface area (Å²) in [6.45, 7) is 0.572. The van der Waals surface area contributed by atoms with E-state index >= 15 is 0 Å². The molecular weight excluding hydrogens is 264 g/mol. The van der Waals surface area contributed by atoms with Crippen molar-refractivity contribution in [3.05, 3.63) is 72.1 Å². The van der Waals surface area contributed by atoms with E-state index in [1.807, 2.05) is 30.5 Å². The van der Waals surface area contributed by atoms with E-state index in [9.17, 15) is 4.79 Å². The quantitative estimate of drug-likeness (QED) is 0.766.